The Morgan fingerprint density at radius 1 is 1.38 bits per heavy atom. The van der Waals surface area contributed by atoms with Crippen LogP contribution < -0.4 is 10.9 Å². The van der Waals surface area contributed by atoms with Crippen molar-refractivity contribution in [3.63, 3.8) is 0 Å². The zero-order chi connectivity index (χ0) is 14.8. The van der Waals surface area contributed by atoms with Gasteiger partial charge in [0.15, 0.2) is 0 Å². The summed E-state index contributed by atoms with van der Waals surface area (Å²) in [7, 11) is 0. The van der Waals surface area contributed by atoms with E-state index in [0.717, 1.165) is 23.9 Å². The topological polar surface area (TPSA) is 68.5 Å². The summed E-state index contributed by atoms with van der Waals surface area (Å²) in [6.07, 6.45) is 1.97. The highest BCUT2D eigenvalue weighted by Crippen LogP contribution is 2.19. The van der Waals surface area contributed by atoms with Crippen molar-refractivity contribution < 1.29 is 13.9 Å². The van der Waals surface area contributed by atoms with Gasteiger partial charge < -0.3 is 14.5 Å². The van der Waals surface area contributed by atoms with Gasteiger partial charge in [-0.15, -0.1) is 0 Å². The summed E-state index contributed by atoms with van der Waals surface area (Å²) in [5.74, 6) is -0.430. The molecule has 6 heteroatoms. The predicted octanol–water partition coefficient (Wildman–Crippen LogP) is 2.46. The summed E-state index contributed by atoms with van der Waals surface area (Å²) in [6.45, 7) is 1.14. The maximum Gasteiger partial charge on any atom is 0.349 e. The molecule has 2 aromatic rings. The lowest BCUT2D eigenvalue weighted by Crippen LogP contribution is -2.34. The van der Waals surface area contributed by atoms with E-state index >= 15 is 0 Å². The second kappa shape index (κ2) is 5.99. The molecule has 0 saturated carbocycles. The third kappa shape index (κ3) is 3.16. The van der Waals surface area contributed by atoms with Gasteiger partial charge in [-0.25, -0.2) is 4.79 Å². The van der Waals surface area contributed by atoms with Gasteiger partial charge >= 0.3 is 5.63 Å². The molecular weight excluding hydrogens is 338 g/mol. The number of ether oxygens (including phenoxy) is 1. The van der Waals surface area contributed by atoms with Crippen molar-refractivity contribution in [3.05, 3.63) is 44.7 Å². The third-order valence-electron chi connectivity index (χ3n) is 3.45. The van der Waals surface area contributed by atoms with Crippen LogP contribution in [0.4, 0.5) is 0 Å². The number of benzene rings is 1. The fourth-order valence-corrected chi connectivity index (χ4v) is 2.74. The van der Waals surface area contributed by atoms with Crippen molar-refractivity contribution in [2.24, 2.45) is 0 Å². The summed E-state index contributed by atoms with van der Waals surface area (Å²) >= 11 is 3.35. The van der Waals surface area contributed by atoms with E-state index in [1.165, 1.54) is 0 Å². The quantitative estimate of drug-likeness (QED) is 0.862. The van der Waals surface area contributed by atoms with Crippen LogP contribution in [0.3, 0.4) is 0 Å². The molecule has 110 valence electrons. The van der Waals surface area contributed by atoms with E-state index in [1.54, 1.807) is 24.3 Å². The molecule has 3 rings (SSSR count). The van der Waals surface area contributed by atoms with Crippen LogP contribution in [0, 0.1) is 0 Å². The first-order valence-corrected chi connectivity index (χ1v) is 7.56. The Labute approximate surface area is 129 Å². The van der Waals surface area contributed by atoms with Crippen molar-refractivity contribution >= 4 is 32.8 Å². The van der Waals surface area contributed by atoms with Crippen LogP contribution >= 0.6 is 15.9 Å². The highest BCUT2D eigenvalue weighted by Gasteiger charge is 2.18. The lowest BCUT2D eigenvalue weighted by molar-refractivity contribution is 0.0855. The molecule has 1 aromatic heterocycles. The van der Waals surface area contributed by atoms with Gasteiger partial charge in [0.1, 0.15) is 11.1 Å². The fraction of sp³-hybridized carbons (Fsp3) is 0.333. The highest BCUT2D eigenvalue weighted by atomic mass is 79.9. The van der Waals surface area contributed by atoms with Crippen LogP contribution in [0.5, 0.6) is 0 Å². The van der Waals surface area contributed by atoms with Crippen molar-refractivity contribution in [2.45, 2.75) is 18.9 Å². The van der Waals surface area contributed by atoms with E-state index in [-0.39, 0.29) is 11.7 Å². The molecule has 1 aromatic carbocycles. The van der Waals surface area contributed by atoms with Gasteiger partial charge in [0, 0.05) is 23.0 Å². The minimum absolute atomic E-state index is 0.0126. The monoisotopic (exact) mass is 351 g/mol. The van der Waals surface area contributed by atoms with Gasteiger partial charge in [0.05, 0.1) is 6.10 Å². The number of nitrogens with one attached hydrogen (secondary N) is 1. The third-order valence-corrected chi connectivity index (χ3v) is 3.95. The van der Waals surface area contributed by atoms with Crippen molar-refractivity contribution in [1.82, 2.24) is 5.32 Å². The fourth-order valence-electron chi connectivity index (χ4n) is 2.36. The minimum Gasteiger partial charge on any atom is -0.422 e. The summed E-state index contributed by atoms with van der Waals surface area (Å²) in [6, 6.07) is 6.82. The Morgan fingerprint density at radius 3 is 3.00 bits per heavy atom. The van der Waals surface area contributed by atoms with Gasteiger partial charge in [0.2, 0.25) is 0 Å². The number of halogens is 1. The molecule has 1 amide bonds. The molecule has 0 aliphatic carbocycles. The Kier molecular flexibility index (Phi) is 4.07. The van der Waals surface area contributed by atoms with Gasteiger partial charge in [-0.2, -0.15) is 0 Å². The highest BCUT2D eigenvalue weighted by molar-refractivity contribution is 9.10. The SMILES string of the molecule is O=C(NC[C@@H]1CCCO1)c1cc2cc(Br)ccc2oc1=O. The average molecular weight is 352 g/mol. The van der Waals surface area contributed by atoms with Crippen molar-refractivity contribution in [1.29, 1.82) is 0 Å². The lowest BCUT2D eigenvalue weighted by Gasteiger charge is -2.10. The smallest absolute Gasteiger partial charge is 0.349 e. The minimum atomic E-state index is -0.630. The number of fused-ring (bicyclic) bond motifs is 1. The van der Waals surface area contributed by atoms with E-state index in [2.05, 4.69) is 21.2 Å². The molecule has 1 N–H and O–H groups in total. The van der Waals surface area contributed by atoms with Crippen LogP contribution in [0.2, 0.25) is 0 Å². The van der Waals surface area contributed by atoms with E-state index in [1.807, 2.05) is 0 Å². The van der Waals surface area contributed by atoms with E-state index in [9.17, 15) is 9.59 Å². The molecule has 1 saturated heterocycles. The van der Waals surface area contributed by atoms with E-state index in [4.69, 9.17) is 9.15 Å². The van der Waals surface area contributed by atoms with Crippen LogP contribution in [0.15, 0.2) is 37.9 Å². The molecule has 5 nitrogen and oxygen atoms in total. The summed E-state index contributed by atoms with van der Waals surface area (Å²) in [4.78, 5) is 24.0. The molecule has 1 aliphatic heterocycles. The van der Waals surface area contributed by atoms with Crippen LogP contribution in [0.25, 0.3) is 11.0 Å². The summed E-state index contributed by atoms with van der Waals surface area (Å²) in [5.41, 5.74) is -0.160. The van der Waals surface area contributed by atoms with Gasteiger partial charge in [-0.05, 0) is 37.1 Å². The zero-order valence-corrected chi connectivity index (χ0v) is 12.8. The maximum absolute atomic E-state index is 12.1. The van der Waals surface area contributed by atoms with Crippen molar-refractivity contribution in [3.8, 4) is 0 Å². The molecule has 0 unspecified atom stereocenters. The van der Waals surface area contributed by atoms with Crippen LogP contribution in [-0.4, -0.2) is 25.2 Å². The molecule has 1 aliphatic rings. The molecular formula is C15H14BrNO4. The number of amides is 1. The normalized spacial score (nSPS) is 18.0. The Hall–Kier alpha value is -1.66. The Bertz CT molecular complexity index is 734. The predicted molar refractivity (Wildman–Crippen MR) is 81.5 cm³/mol. The molecule has 1 atom stereocenters. The second-order valence-corrected chi connectivity index (χ2v) is 5.89. The Morgan fingerprint density at radius 2 is 2.24 bits per heavy atom. The second-order valence-electron chi connectivity index (χ2n) is 4.97. The number of carbonyl (C=O) groups excluding carboxylic acids is 1. The van der Waals surface area contributed by atoms with Crippen LogP contribution in [0.1, 0.15) is 23.2 Å². The maximum atomic E-state index is 12.1. The number of carbonyl (C=O) groups is 1. The molecule has 21 heavy (non-hydrogen) atoms. The lowest BCUT2D eigenvalue weighted by atomic mass is 10.1. The molecule has 1 fully saturated rings. The van der Waals surface area contributed by atoms with Crippen LogP contribution in [-0.2, 0) is 4.74 Å². The first kappa shape index (κ1) is 14.3. The number of rotatable bonds is 3. The Balaban J connectivity index is 1.83. The van der Waals surface area contributed by atoms with E-state index in [0.29, 0.717) is 17.5 Å². The largest absolute Gasteiger partial charge is 0.422 e. The average Bonchev–Trinajstić information content (AvgIpc) is 2.98. The summed E-state index contributed by atoms with van der Waals surface area (Å²) in [5, 5.41) is 3.43. The zero-order valence-electron chi connectivity index (χ0n) is 11.2. The first-order chi connectivity index (χ1) is 10.1. The number of hydrogen-bond donors (Lipinski definition) is 1. The molecule has 0 spiro atoms. The summed E-state index contributed by atoms with van der Waals surface area (Å²) < 4.78 is 11.5. The standard InChI is InChI=1S/C15H14BrNO4/c16-10-3-4-13-9(6-10)7-12(15(19)21-13)14(18)17-8-11-2-1-5-20-11/h3-4,6-7,11H,1-2,5,8H2,(H,17,18)/t11-/m0/s1. The van der Waals surface area contributed by atoms with Gasteiger partial charge in [0.25, 0.3) is 5.91 Å². The van der Waals surface area contributed by atoms with E-state index < -0.39 is 11.5 Å². The van der Waals surface area contributed by atoms with Gasteiger partial charge in [-0.3, -0.25) is 4.79 Å². The van der Waals surface area contributed by atoms with Crippen molar-refractivity contribution in [2.75, 3.05) is 13.2 Å². The molecule has 2 heterocycles. The first-order valence-electron chi connectivity index (χ1n) is 6.77. The molecule has 0 bridgehead atoms. The number of hydrogen-bond acceptors (Lipinski definition) is 4. The molecule has 0 radical (unpaired) electrons. The van der Waals surface area contributed by atoms with Gasteiger partial charge in [-0.1, -0.05) is 15.9 Å².